The lowest BCUT2D eigenvalue weighted by Crippen LogP contribution is -2.28. The monoisotopic (exact) mass is 460 g/mol. The van der Waals surface area contributed by atoms with Gasteiger partial charge in [0, 0.05) is 41.6 Å². The number of aromatic nitrogens is 1. The molecule has 3 aromatic rings. The molecule has 2 aromatic carbocycles. The molecule has 0 saturated carbocycles. The molecule has 0 aliphatic heterocycles. The third-order valence-corrected chi connectivity index (χ3v) is 5.80. The number of pyridine rings is 1. The van der Waals surface area contributed by atoms with Crippen molar-refractivity contribution in [2.45, 2.75) is 53.8 Å². The lowest BCUT2D eigenvalue weighted by atomic mass is 9.96. The highest BCUT2D eigenvalue weighted by Gasteiger charge is 2.16. The molecular weight excluding hydrogens is 424 g/mol. The molecule has 3 rings (SSSR count). The van der Waals surface area contributed by atoms with Crippen LogP contribution in [0.25, 0.3) is 11.1 Å². The van der Waals surface area contributed by atoms with Crippen LogP contribution in [-0.4, -0.2) is 35.9 Å². The zero-order valence-corrected chi connectivity index (χ0v) is 21.3. The van der Waals surface area contributed by atoms with Crippen molar-refractivity contribution in [1.29, 1.82) is 0 Å². The maximum atomic E-state index is 13.3. The molecule has 1 amide bonds. The van der Waals surface area contributed by atoms with Crippen LogP contribution in [0.3, 0.4) is 0 Å². The fraction of sp³-hybridized carbons (Fsp3) is 0.357. The smallest absolute Gasteiger partial charge is 0.253 e. The van der Waals surface area contributed by atoms with Gasteiger partial charge in [-0.2, -0.15) is 0 Å². The van der Waals surface area contributed by atoms with E-state index in [1.54, 1.807) is 0 Å². The molecule has 1 aromatic heterocycles. The number of amides is 1. The van der Waals surface area contributed by atoms with Crippen LogP contribution in [0, 0.1) is 20.8 Å². The molecule has 3 N–H and O–H groups in total. The maximum absolute atomic E-state index is 13.3. The average molecular weight is 461 g/mol. The number of H-pyrrole nitrogens is 1. The Hall–Kier alpha value is -3.38. The summed E-state index contributed by atoms with van der Waals surface area (Å²) in [4.78, 5) is 30.6. The zero-order valence-electron chi connectivity index (χ0n) is 21.3. The molecule has 0 radical (unpaired) electrons. The Bertz CT molecular complexity index is 1220. The SMILES string of the molecule is Cc1cc(C)c(CNC(=O)c2cc(-c3ccc(CN(C)C)cc3)cc(NC(C)C)c2C)c(=O)[nH]1. The second-order valence-corrected chi connectivity index (χ2v) is 9.56. The highest BCUT2D eigenvalue weighted by molar-refractivity contribution is 5.98. The van der Waals surface area contributed by atoms with Gasteiger partial charge in [-0.05, 0) is 94.7 Å². The molecule has 0 aliphatic rings. The number of benzene rings is 2. The number of carbonyl (C=O) groups is 1. The molecule has 0 unspecified atom stereocenters. The number of nitrogens with zero attached hydrogens (tertiary/aromatic N) is 1. The third-order valence-electron chi connectivity index (χ3n) is 5.80. The number of anilines is 1. The third kappa shape index (κ3) is 6.14. The predicted molar refractivity (Wildman–Crippen MR) is 140 cm³/mol. The summed E-state index contributed by atoms with van der Waals surface area (Å²) in [6, 6.07) is 14.6. The molecule has 1 heterocycles. The zero-order chi connectivity index (χ0) is 25.0. The Morgan fingerprint density at radius 1 is 1.00 bits per heavy atom. The van der Waals surface area contributed by atoms with Crippen molar-refractivity contribution in [2.75, 3.05) is 19.4 Å². The van der Waals surface area contributed by atoms with E-state index in [2.05, 4.69) is 78.8 Å². The molecule has 0 atom stereocenters. The number of aromatic amines is 1. The number of nitrogens with one attached hydrogen (secondary N) is 3. The second kappa shape index (κ2) is 10.7. The van der Waals surface area contributed by atoms with E-state index in [0.717, 1.165) is 40.2 Å². The number of hydrogen-bond acceptors (Lipinski definition) is 4. The van der Waals surface area contributed by atoms with E-state index in [-0.39, 0.29) is 24.1 Å². The molecule has 0 fully saturated rings. The number of rotatable bonds is 8. The van der Waals surface area contributed by atoms with Crippen LogP contribution in [0.2, 0.25) is 0 Å². The van der Waals surface area contributed by atoms with E-state index < -0.39 is 0 Å². The molecule has 180 valence electrons. The molecule has 6 nitrogen and oxygen atoms in total. The van der Waals surface area contributed by atoms with Gasteiger partial charge >= 0.3 is 0 Å². The van der Waals surface area contributed by atoms with Gasteiger partial charge < -0.3 is 20.5 Å². The highest BCUT2D eigenvalue weighted by atomic mass is 16.1. The van der Waals surface area contributed by atoms with E-state index in [1.165, 1.54) is 5.56 Å². The summed E-state index contributed by atoms with van der Waals surface area (Å²) in [6.45, 7) is 10.9. The van der Waals surface area contributed by atoms with Crippen LogP contribution < -0.4 is 16.2 Å². The quantitative estimate of drug-likeness (QED) is 0.452. The summed E-state index contributed by atoms with van der Waals surface area (Å²) >= 11 is 0. The minimum atomic E-state index is -0.199. The fourth-order valence-corrected chi connectivity index (χ4v) is 4.11. The number of aryl methyl sites for hydroxylation is 2. The van der Waals surface area contributed by atoms with Gasteiger partial charge in [-0.25, -0.2) is 0 Å². The van der Waals surface area contributed by atoms with E-state index in [0.29, 0.717) is 11.1 Å². The van der Waals surface area contributed by atoms with Gasteiger partial charge in [0.15, 0.2) is 0 Å². The van der Waals surface area contributed by atoms with E-state index >= 15 is 0 Å². The lowest BCUT2D eigenvalue weighted by Gasteiger charge is -2.18. The largest absolute Gasteiger partial charge is 0.383 e. The molecule has 0 aliphatic carbocycles. The predicted octanol–water partition coefficient (Wildman–Crippen LogP) is 4.78. The molecule has 0 bridgehead atoms. The first-order chi connectivity index (χ1) is 16.0. The highest BCUT2D eigenvalue weighted by Crippen LogP contribution is 2.30. The van der Waals surface area contributed by atoms with Crippen LogP contribution in [0.15, 0.2) is 47.3 Å². The van der Waals surface area contributed by atoms with Crippen LogP contribution in [0.4, 0.5) is 5.69 Å². The summed E-state index contributed by atoms with van der Waals surface area (Å²) < 4.78 is 0. The Kier molecular flexibility index (Phi) is 7.94. The Morgan fingerprint density at radius 2 is 1.68 bits per heavy atom. The summed E-state index contributed by atoms with van der Waals surface area (Å²) in [5, 5.41) is 6.43. The lowest BCUT2D eigenvalue weighted by molar-refractivity contribution is 0.0950. The molecular formula is C28H36N4O2. The van der Waals surface area contributed by atoms with Gasteiger partial charge in [0.2, 0.25) is 0 Å². The summed E-state index contributed by atoms with van der Waals surface area (Å²) in [5.74, 6) is -0.199. The van der Waals surface area contributed by atoms with Gasteiger partial charge in [-0.3, -0.25) is 9.59 Å². The molecule has 6 heteroatoms. The van der Waals surface area contributed by atoms with Crippen molar-refractivity contribution in [1.82, 2.24) is 15.2 Å². The average Bonchev–Trinajstić information content (AvgIpc) is 2.74. The summed E-state index contributed by atoms with van der Waals surface area (Å²) in [5.41, 5.74) is 7.75. The normalized spacial score (nSPS) is 11.2. The molecule has 0 spiro atoms. The summed E-state index contributed by atoms with van der Waals surface area (Å²) in [6.07, 6.45) is 0. The van der Waals surface area contributed by atoms with Crippen LogP contribution in [0.1, 0.15) is 52.2 Å². The Labute approximate surface area is 202 Å². The standard InChI is InChI=1S/C28H36N4O2/c1-17(2)30-26-14-23(22-10-8-21(9-11-22)16-32(6)7)13-24(20(26)5)27(33)29-15-25-18(3)12-19(4)31-28(25)34/h8-14,17,30H,15-16H2,1-7H3,(H,29,33)(H,31,34). The first-order valence-electron chi connectivity index (χ1n) is 11.7. The fourth-order valence-electron chi connectivity index (χ4n) is 4.11. The van der Waals surface area contributed by atoms with Crippen molar-refractivity contribution < 1.29 is 4.79 Å². The van der Waals surface area contributed by atoms with Crippen LogP contribution >= 0.6 is 0 Å². The maximum Gasteiger partial charge on any atom is 0.253 e. The van der Waals surface area contributed by atoms with Crippen molar-refractivity contribution in [2.24, 2.45) is 0 Å². The second-order valence-electron chi connectivity index (χ2n) is 9.56. The van der Waals surface area contributed by atoms with Gasteiger partial charge in [0.25, 0.3) is 11.5 Å². The van der Waals surface area contributed by atoms with E-state index in [9.17, 15) is 9.59 Å². The molecule has 0 saturated heterocycles. The minimum Gasteiger partial charge on any atom is -0.383 e. The Balaban J connectivity index is 1.94. The van der Waals surface area contributed by atoms with Crippen LogP contribution in [0.5, 0.6) is 0 Å². The number of hydrogen-bond donors (Lipinski definition) is 3. The van der Waals surface area contributed by atoms with Crippen molar-refractivity contribution in [3.63, 3.8) is 0 Å². The number of carbonyl (C=O) groups excluding carboxylic acids is 1. The Morgan fingerprint density at radius 3 is 2.26 bits per heavy atom. The van der Waals surface area contributed by atoms with E-state index in [4.69, 9.17) is 0 Å². The minimum absolute atomic E-state index is 0.164. The van der Waals surface area contributed by atoms with Gasteiger partial charge in [0.05, 0.1) is 0 Å². The summed E-state index contributed by atoms with van der Waals surface area (Å²) in [7, 11) is 4.10. The first kappa shape index (κ1) is 25.2. The van der Waals surface area contributed by atoms with E-state index in [1.807, 2.05) is 32.9 Å². The van der Waals surface area contributed by atoms with Crippen molar-refractivity contribution in [3.8, 4) is 11.1 Å². The van der Waals surface area contributed by atoms with Gasteiger partial charge in [0.1, 0.15) is 0 Å². The van der Waals surface area contributed by atoms with Crippen molar-refractivity contribution >= 4 is 11.6 Å². The van der Waals surface area contributed by atoms with Crippen molar-refractivity contribution in [3.05, 3.63) is 86.3 Å². The topological polar surface area (TPSA) is 77.2 Å². The van der Waals surface area contributed by atoms with Gasteiger partial charge in [-0.1, -0.05) is 24.3 Å². The van der Waals surface area contributed by atoms with Crippen LogP contribution in [-0.2, 0) is 13.1 Å². The molecule has 34 heavy (non-hydrogen) atoms. The van der Waals surface area contributed by atoms with Gasteiger partial charge in [-0.15, -0.1) is 0 Å². The first-order valence-corrected chi connectivity index (χ1v) is 11.7.